The minimum absolute atomic E-state index is 0.118. The summed E-state index contributed by atoms with van der Waals surface area (Å²) >= 11 is 0. The van der Waals surface area contributed by atoms with Crippen molar-refractivity contribution < 1.29 is 13.2 Å². The van der Waals surface area contributed by atoms with Crippen molar-refractivity contribution in [2.45, 2.75) is 17.9 Å². The second-order valence-corrected chi connectivity index (χ2v) is 6.20. The Balaban J connectivity index is 2.28. The van der Waals surface area contributed by atoms with Crippen LogP contribution in [0.2, 0.25) is 0 Å². The van der Waals surface area contributed by atoms with Gasteiger partial charge in [-0.1, -0.05) is 0 Å². The lowest BCUT2D eigenvalue weighted by Gasteiger charge is -2.32. The lowest BCUT2D eigenvalue weighted by atomic mass is 10.3. The molecule has 0 radical (unpaired) electrons. The molecule has 0 aliphatic carbocycles. The molecule has 1 aliphatic rings. The topological polar surface area (TPSA) is 58.6 Å². The Labute approximate surface area is 108 Å². The van der Waals surface area contributed by atoms with Gasteiger partial charge in [0.05, 0.1) is 18.1 Å². The third-order valence-electron chi connectivity index (χ3n) is 3.06. The van der Waals surface area contributed by atoms with Gasteiger partial charge < -0.3 is 10.1 Å². The van der Waals surface area contributed by atoms with Crippen molar-refractivity contribution in [1.29, 1.82) is 0 Å². The molecule has 1 aromatic rings. The molecule has 1 aromatic carbocycles. The zero-order chi connectivity index (χ0) is 13.2. The molecule has 1 N–H and O–H groups in total. The highest BCUT2D eigenvalue weighted by atomic mass is 32.2. The van der Waals surface area contributed by atoms with Crippen LogP contribution in [0.1, 0.15) is 6.92 Å². The first-order valence-corrected chi connectivity index (χ1v) is 7.37. The minimum atomic E-state index is -3.41. The van der Waals surface area contributed by atoms with Gasteiger partial charge in [-0.2, -0.15) is 4.31 Å². The van der Waals surface area contributed by atoms with Crippen molar-refractivity contribution in [2.75, 3.05) is 32.1 Å². The minimum Gasteiger partial charge on any atom is -0.388 e. The van der Waals surface area contributed by atoms with Gasteiger partial charge in [-0.05, 0) is 31.2 Å². The van der Waals surface area contributed by atoms with Crippen LogP contribution in [0.5, 0.6) is 0 Å². The monoisotopic (exact) mass is 270 g/mol. The van der Waals surface area contributed by atoms with E-state index in [1.807, 2.05) is 6.92 Å². The average molecular weight is 270 g/mol. The highest BCUT2D eigenvalue weighted by molar-refractivity contribution is 7.89. The number of nitrogens with one attached hydrogen (secondary N) is 1. The molecule has 5 nitrogen and oxygen atoms in total. The van der Waals surface area contributed by atoms with E-state index in [4.69, 9.17) is 4.74 Å². The first-order valence-electron chi connectivity index (χ1n) is 5.93. The standard InChI is InChI=1S/C12H18N2O3S/c1-10-9-17-8-7-14(10)18(15,16)12-5-3-11(13-2)4-6-12/h3-6,10,13H,7-9H2,1-2H3. The summed E-state index contributed by atoms with van der Waals surface area (Å²) in [4.78, 5) is 0.329. The van der Waals surface area contributed by atoms with Gasteiger partial charge in [-0.3, -0.25) is 0 Å². The van der Waals surface area contributed by atoms with Crippen LogP contribution in [0, 0.1) is 0 Å². The molecule has 2 rings (SSSR count). The molecule has 0 saturated carbocycles. The molecule has 0 bridgehead atoms. The van der Waals surface area contributed by atoms with Crippen molar-refractivity contribution in [2.24, 2.45) is 0 Å². The van der Waals surface area contributed by atoms with Crippen LogP contribution < -0.4 is 5.32 Å². The molecule has 1 atom stereocenters. The SMILES string of the molecule is CNc1ccc(S(=O)(=O)N2CCOCC2C)cc1. The van der Waals surface area contributed by atoms with E-state index < -0.39 is 10.0 Å². The van der Waals surface area contributed by atoms with Crippen LogP contribution in [0.3, 0.4) is 0 Å². The maximum absolute atomic E-state index is 12.4. The van der Waals surface area contributed by atoms with Crippen LogP contribution in [-0.2, 0) is 14.8 Å². The van der Waals surface area contributed by atoms with Crippen LogP contribution in [0.4, 0.5) is 5.69 Å². The average Bonchev–Trinajstić information content (AvgIpc) is 2.39. The zero-order valence-corrected chi connectivity index (χ0v) is 11.4. The summed E-state index contributed by atoms with van der Waals surface area (Å²) in [7, 11) is -1.61. The number of ether oxygens (including phenoxy) is 1. The molecule has 1 fully saturated rings. The van der Waals surface area contributed by atoms with Gasteiger partial charge in [0, 0.05) is 25.3 Å². The highest BCUT2D eigenvalue weighted by Gasteiger charge is 2.31. The largest absolute Gasteiger partial charge is 0.388 e. The Hall–Kier alpha value is -1.11. The first-order chi connectivity index (χ1) is 8.55. The van der Waals surface area contributed by atoms with Crippen LogP contribution in [0.15, 0.2) is 29.2 Å². The van der Waals surface area contributed by atoms with Crippen molar-refractivity contribution in [3.8, 4) is 0 Å². The second-order valence-electron chi connectivity index (χ2n) is 4.31. The zero-order valence-electron chi connectivity index (χ0n) is 10.6. The molecule has 0 amide bonds. The Morgan fingerprint density at radius 1 is 1.33 bits per heavy atom. The first kappa shape index (κ1) is 13.3. The summed E-state index contributed by atoms with van der Waals surface area (Å²) in [5.74, 6) is 0. The molecule has 0 aromatic heterocycles. The summed E-state index contributed by atoms with van der Waals surface area (Å²) in [5.41, 5.74) is 0.893. The van der Waals surface area contributed by atoms with E-state index in [9.17, 15) is 8.42 Å². The van der Waals surface area contributed by atoms with Gasteiger partial charge in [-0.25, -0.2) is 8.42 Å². The molecule has 6 heteroatoms. The number of morpholine rings is 1. The summed E-state index contributed by atoms with van der Waals surface area (Å²) in [6.07, 6.45) is 0. The molecule has 1 heterocycles. The van der Waals surface area contributed by atoms with Gasteiger partial charge in [0.1, 0.15) is 0 Å². The Kier molecular flexibility index (Phi) is 3.89. The summed E-state index contributed by atoms with van der Waals surface area (Å²) in [6, 6.07) is 6.66. The third kappa shape index (κ3) is 2.50. The normalized spacial score (nSPS) is 21.8. The third-order valence-corrected chi connectivity index (χ3v) is 5.08. The number of anilines is 1. The number of sulfonamides is 1. The van der Waals surface area contributed by atoms with E-state index in [-0.39, 0.29) is 6.04 Å². The number of benzene rings is 1. The van der Waals surface area contributed by atoms with E-state index in [0.29, 0.717) is 24.7 Å². The molecule has 0 spiro atoms. The maximum Gasteiger partial charge on any atom is 0.243 e. The number of rotatable bonds is 3. The Bertz CT molecular complexity index is 499. The van der Waals surface area contributed by atoms with E-state index >= 15 is 0 Å². The molecule has 18 heavy (non-hydrogen) atoms. The predicted molar refractivity (Wildman–Crippen MR) is 70.2 cm³/mol. The lowest BCUT2D eigenvalue weighted by molar-refractivity contribution is 0.0393. The lowest BCUT2D eigenvalue weighted by Crippen LogP contribution is -2.46. The van der Waals surface area contributed by atoms with Crippen molar-refractivity contribution in [1.82, 2.24) is 4.31 Å². The fraction of sp³-hybridized carbons (Fsp3) is 0.500. The molecular weight excluding hydrogens is 252 g/mol. The van der Waals surface area contributed by atoms with E-state index in [2.05, 4.69) is 5.32 Å². The second kappa shape index (κ2) is 5.26. The predicted octanol–water partition coefficient (Wildman–Crippen LogP) is 1.14. The highest BCUT2D eigenvalue weighted by Crippen LogP contribution is 2.21. The molecule has 1 aliphatic heterocycles. The van der Waals surface area contributed by atoms with Gasteiger partial charge in [0.2, 0.25) is 10.0 Å². The Morgan fingerprint density at radius 3 is 2.56 bits per heavy atom. The molecular formula is C12H18N2O3S. The van der Waals surface area contributed by atoms with E-state index in [0.717, 1.165) is 5.69 Å². The smallest absolute Gasteiger partial charge is 0.243 e. The summed E-state index contributed by atoms with van der Waals surface area (Å²) in [6.45, 7) is 3.18. The van der Waals surface area contributed by atoms with Gasteiger partial charge in [0.15, 0.2) is 0 Å². The molecule has 100 valence electrons. The van der Waals surface area contributed by atoms with Crippen molar-refractivity contribution >= 4 is 15.7 Å². The summed E-state index contributed by atoms with van der Waals surface area (Å²) < 4.78 is 31.7. The van der Waals surface area contributed by atoms with Crippen molar-refractivity contribution in [3.05, 3.63) is 24.3 Å². The Morgan fingerprint density at radius 2 is 2.00 bits per heavy atom. The van der Waals surface area contributed by atoms with Gasteiger partial charge in [-0.15, -0.1) is 0 Å². The number of nitrogens with zero attached hydrogens (tertiary/aromatic N) is 1. The van der Waals surface area contributed by atoms with Crippen LogP contribution in [0.25, 0.3) is 0 Å². The quantitative estimate of drug-likeness (QED) is 0.894. The van der Waals surface area contributed by atoms with Gasteiger partial charge in [0.25, 0.3) is 0 Å². The molecule has 1 saturated heterocycles. The fourth-order valence-electron chi connectivity index (χ4n) is 2.00. The van der Waals surface area contributed by atoms with Gasteiger partial charge >= 0.3 is 0 Å². The fourth-order valence-corrected chi connectivity index (χ4v) is 3.60. The number of hydrogen-bond donors (Lipinski definition) is 1. The van der Waals surface area contributed by atoms with Crippen molar-refractivity contribution in [3.63, 3.8) is 0 Å². The van der Waals surface area contributed by atoms with Crippen LogP contribution in [-0.4, -0.2) is 45.6 Å². The maximum atomic E-state index is 12.4. The van der Waals surface area contributed by atoms with E-state index in [1.54, 1.807) is 31.3 Å². The number of hydrogen-bond acceptors (Lipinski definition) is 4. The van der Waals surface area contributed by atoms with E-state index in [1.165, 1.54) is 4.31 Å². The van der Waals surface area contributed by atoms with Crippen LogP contribution >= 0.6 is 0 Å². The summed E-state index contributed by atoms with van der Waals surface area (Å²) in [5, 5.41) is 2.97. The molecule has 1 unspecified atom stereocenters.